The van der Waals surface area contributed by atoms with E-state index in [4.69, 9.17) is 4.99 Å². The van der Waals surface area contributed by atoms with Gasteiger partial charge >= 0.3 is 0 Å². The highest BCUT2D eigenvalue weighted by Gasteiger charge is 2.21. The Morgan fingerprint density at radius 3 is 2.62 bits per heavy atom. The molecule has 156 valence electrons. The fourth-order valence-electron chi connectivity index (χ4n) is 3.28. The third-order valence-electron chi connectivity index (χ3n) is 4.76. The molecule has 29 heavy (non-hydrogen) atoms. The number of phenols is 1. The summed E-state index contributed by atoms with van der Waals surface area (Å²) < 4.78 is 0. The van der Waals surface area contributed by atoms with Crippen LogP contribution >= 0.6 is 11.3 Å². The summed E-state index contributed by atoms with van der Waals surface area (Å²) in [4.78, 5) is 21.9. The molecule has 0 atom stereocenters. The number of anilines is 1. The molecule has 1 saturated heterocycles. The van der Waals surface area contributed by atoms with Crippen LogP contribution in [0.1, 0.15) is 23.0 Å². The van der Waals surface area contributed by atoms with Crippen molar-refractivity contribution in [2.24, 2.45) is 4.99 Å². The molecule has 1 amide bonds. The van der Waals surface area contributed by atoms with Gasteiger partial charge in [0.25, 0.3) is 5.91 Å². The number of benzene rings is 1. The minimum Gasteiger partial charge on any atom is -0.506 e. The van der Waals surface area contributed by atoms with E-state index in [1.807, 2.05) is 35.7 Å². The lowest BCUT2D eigenvalue weighted by molar-refractivity contribution is 0.0957. The summed E-state index contributed by atoms with van der Waals surface area (Å²) in [5.74, 6) is 1.22. The maximum Gasteiger partial charge on any atom is 0.261 e. The summed E-state index contributed by atoms with van der Waals surface area (Å²) >= 11 is 1.45. The van der Waals surface area contributed by atoms with Crippen molar-refractivity contribution in [3.8, 4) is 5.75 Å². The highest BCUT2D eigenvalue weighted by molar-refractivity contribution is 7.12. The first-order chi connectivity index (χ1) is 14.2. The smallest absolute Gasteiger partial charge is 0.261 e. The summed E-state index contributed by atoms with van der Waals surface area (Å²) in [7, 11) is 0. The number of aliphatic imine (C=N–C) groups is 1. The highest BCUT2D eigenvalue weighted by atomic mass is 32.1. The average Bonchev–Trinajstić information content (AvgIpc) is 3.28. The van der Waals surface area contributed by atoms with Gasteiger partial charge in [-0.15, -0.1) is 11.3 Å². The molecule has 8 heteroatoms. The molecule has 1 aromatic heterocycles. The van der Waals surface area contributed by atoms with Crippen molar-refractivity contribution in [1.29, 1.82) is 0 Å². The second kappa shape index (κ2) is 10.7. The Bertz CT molecular complexity index is 801. The van der Waals surface area contributed by atoms with E-state index >= 15 is 0 Å². The highest BCUT2D eigenvalue weighted by Crippen LogP contribution is 2.27. The van der Waals surface area contributed by atoms with Gasteiger partial charge < -0.3 is 25.5 Å². The van der Waals surface area contributed by atoms with Gasteiger partial charge in [-0.3, -0.25) is 9.79 Å². The summed E-state index contributed by atoms with van der Waals surface area (Å²) in [6, 6.07) is 11.2. The number of guanidine groups is 1. The molecule has 2 aromatic rings. The van der Waals surface area contributed by atoms with Gasteiger partial charge in [-0.2, -0.15) is 0 Å². The normalized spacial score (nSPS) is 14.7. The lowest BCUT2D eigenvalue weighted by atomic mass is 10.2. The van der Waals surface area contributed by atoms with Gasteiger partial charge in [-0.05, 0) is 36.9 Å². The molecule has 0 bridgehead atoms. The molecular formula is C21H29N5O2S. The van der Waals surface area contributed by atoms with Gasteiger partial charge in [-0.25, -0.2) is 0 Å². The number of piperazine rings is 1. The number of para-hydroxylation sites is 2. The van der Waals surface area contributed by atoms with Crippen LogP contribution in [0.5, 0.6) is 5.75 Å². The number of thiophene rings is 1. The van der Waals surface area contributed by atoms with Gasteiger partial charge in [0.2, 0.25) is 0 Å². The maximum absolute atomic E-state index is 11.9. The first kappa shape index (κ1) is 21.0. The number of aromatic hydroxyl groups is 1. The van der Waals surface area contributed by atoms with Gasteiger partial charge in [0.15, 0.2) is 5.96 Å². The van der Waals surface area contributed by atoms with E-state index in [2.05, 4.69) is 27.4 Å². The number of carbonyl (C=O) groups excluding carboxylic acids is 1. The monoisotopic (exact) mass is 415 g/mol. The molecule has 3 rings (SSSR count). The predicted molar refractivity (Wildman–Crippen MR) is 119 cm³/mol. The Kier molecular flexibility index (Phi) is 7.75. The van der Waals surface area contributed by atoms with Crippen molar-refractivity contribution in [3.63, 3.8) is 0 Å². The maximum atomic E-state index is 11.9. The number of hydrogen-bond donors (Lipinski definition) is 3. The molecule has 0 unspecified atom stereocenters. The number of phenolic OH excluding ortho intramolecular Hbond substituents is 1. The van der Waals surface area contributed by atoms with Gasteiger partial charge in [0.1, 0.15) is 5.75 Å². The first-order valence-corrected chi connectivity index (χ1v) is 10.9. The summed E-state index contributed by atoms with van der Waals surface area (Å²) in [5.41, 5.74) is 0.885. The molecule has 1 aliphatic heterocycles. The molecule has 1 aliphatic rings. The molecule has 0 aliphatic carbocycles. The van der Waals surface area contributed by atoms with Crippen molar-refractivity contribution in [2.45, 2.75) is 13.3 Å². The standard InChI is InChI=1S/C21H29N5O2S/c1-2-22-21(24-11-6-10-23-20(28)19-9-5-16-29-19)26-14-12-25(13-15-26)17-7-3-4-8-18(17)27/h3-5,7-9,16,27H,2,6,10-15H2,1H3,(H,22,24)(H,23,28). The van der Waals surface area contributed by atoms with E-state index in [1.54, 1.807) is 6.07 Å². The van der Waals surface area contributed by atoms with Crippen molar-refractivity contribution < 1.29 is 9.90 Å². The molecule has 0 radical (unpaired) electrons. The Balaban J connectivity index is 1.45. The van der Waals surface area contributed by atoms with E-state index in [0.717, 1.165) is 55.7 Å². The number of hydrogen-bond acceptors (Lipinski definition) is 5. The molecule has 1 fully saturated rings. The van der Waals surface area contributed by atoms with E-state index in [-0.39, 0.29) is 5.91 Å². The Hall–Kier alpha value is -2.74. The van der Waals surface area contributed by atoms with E-state index in [9.17, 15) is 9.90 Å². The van der Waals surface area contributed by atoms with Crippen LogP contribution in [0.25, 0.3) is 0 Å². The Morgan fingerprint density at radius 1 is 1.14 bits per heavy atom. The molecule has 1 aromatic carbocycles. The Morgan fingerprint density at radius 2 is 1.93 bits per heavy atom. The Labute approximate surface area is 176 Å². The quantitative estimate of drug-likeness (QED) is 0.368. The third-order valence-corrected chi connectivity index (χ3v) is 5.63. The zero-order chi connectivity index (χ0) is 20.5. The minimum atomic E-state index is -0.0174. The molecule has 2 heterocycles. The van der Waals surface area contributed by atoms with Crippen molar-refractivity contribution >= 4 is 28.9 Å². The average molecular weight is 416 g/mol. The number of rotatable bonds is 7. The van der Waals surface area contributed by atoms with Gasteiger partial charge in [-0.1, -0.05) is 18.2 Å². The molecule has 7 nitrogen and oxygen atoms in total. The van der Waals surface area contributed by atoms with Gasteiger partial charge in [0.05, 0.1) is 10.6 Å². The van der Waals surface area contributed by atoms with Crippen LogP contribution in [-0.4, -0.2) is 67.7 Å². The van der Waals surface area contributed by atoms with Crippen molar-refractivity contribution in [3.05, 3.63) is 46.7 Å². The van der Waals surface area contributed by atoms with Crippen LogP contribution in [0.15, 0.2) is 46.8 Å². The molecule has 0 saturated carbocycles. The number of amides is 1. The number of nitrogens with one attached hydrogen (secondary N) is 2. The topological polar surface area (TPSA) is 80.2 Å². The van der Waals surface area contributed by atoms with E-state index in [0.29, 0.717) is 18.8 Å². The molecular weight excluding hydrogens is 386 g/mol. The third kappa shape index (κ3) is 5.87. The summed E-state index contributed by atoms with van der Waals surface area (Å²) in [6.45, 7) is 7.50. The van der Waals surface area contributed by atoms with Crippen LogP contribution in [0.3, 0.4) is 0 Å². The van der Waals surface area contributed by atoms with Crippen LogP contribution in [-0.2, 0) is 0 Å². The fraction of sp³-hybridized carbons (Fsp3) is 0.429. The van der Waals surface area contributed by atoms with Crippen molar-refractivity contribution in [1.82, 2.24) is 15.5 Å². The molecule has 3 N–H and O–H groups in total. The zero-order valence-corrected chi connectivity index (χ0v) is 17.6. The second-order valence-corrected chi connectivity index (χ2v) is 7.73. The van der Waals surface area contributed by atoms with Crippen molar-refractivity contribution in [2.75, 3.05) is 50.7 Å². The van der Waals surface area contributed by atoms with Crippen LogP contribution in [0.4, 0.5) is 5.69 Å². The summed E-state index contributed by atoms with van der Waals surface area (Å²) in [5, 5.41) is 18.3. The molecule has 0 spiro atoms. The van der Waals surface area contributed by atoms with E-state index in [1.165, 1.54) is 11.3 Å². The SMILES string of the molecule is CCNC(=NCCCNC(=O)c1cccs1)N1CCN(c2ccccc2O)CC1. The predicted octanol–water partition coefficient (Wildman–Crippen LogP) is 2.36. The largest absolute Gasteiger partial charge is 0.506 e. The van der Waals surface area contributed by atoms with Crippen LogP contribution in [0.2, 0.25) is 0 Å². The number of nitrogens with zero attached hydrogens (tertiary/aromatic N) is 3. The first-order valence-electron chi connectivity index (χ1n) is 10.1. The van der Waals surface area contributed by atoms with E-state index < -0.39 is 0 Å². The van der Waals surface area contributed by atoms with Gasteiger partial charge in [0, 0.05) is 45.8 Å². The lowest BCUT2D eigenvalue weighted by Crippen LogP contribution is -2.52. The van der Waals surface area contributed by atoms with Crippen LogP contribution in [0, 0.1) is 0 Å². The van der Waals surface area contributed by atoms with Crippen LogP contribution < -0.4 is 15.5 Å². The lowest BCUT2D eigenvalue weighted by Gasteiger charge is -2.37. The minimum absolute atomic E-state index is 0.0174. The summed E-state index contributed by atoms with van der Waals surface area (Å²) in [6.07, 6.45) is 0.795. The second-order valence-electron chi connectivity index (χ2n) is 6.79. The number of carbonyl (C=O) groups is 1. The zero-order valence-electron chi connectivity index (χ0n) is 16.8. The fourth-order valence-corrected chi connectivity index (χ4v) is 3.92.